The summed E-state index contributed by atoms with van der Waals surface area (Å²) in [5, 5.41) is 7.37. The molecular formula is C18H21N3O2S. The van der Waals surface area contributed by atoms with Crippen molar-refractivity contribution in [2.24, 2.45) is 0 Å². The van der Waals surface area contributed by atoms with Gasteiger partial charge in [-0.2, -0.15) is 11.3 Å². The largest absolute Gasteiger partial charge is 0.379 e. The zero-order valence-electron chi connectivity index (χ0n) is 13.5. The topological polar surface area (TPSA) is 54.5 Å². The number of carbonyl (C=O) groups excluding carboxylic acids is 1. The lowest BCUT2D eigenvalue weighted by Crippen LogP contribution is -2.50. The van der Waals surface area contributed by atoms with Gasteiger partial charge in [0.15, 0.2) is 0 Å². The lowest BCUT2D eigenvalue weighted by Gasteiger charge is -2.39. The maximum absolute atomic E-state index is 12.6. The maximum atomic E-state index is 12.6. The summed E-state index contributed by atoms with van der Waals surface area (Å²) in [6.45, 7) is 2.18. The molecule has 1 amide bonds. The highest BCUT2D eigenvalue weighted by atomic mass is 32.1. The average molecular weight is 343 g/mol. The number of hydrogen-bond acceptors (Lipinski definition) is 5. The van der Waals surface area contributed by atoms with Gasteiger partial charge in [0, 0.05) is 30.7 Å². The first-order valence-electron chi connectivity index (χ1n) is 8.36. The van der Waals surface area contributed by atoms with E-state index in [4.69, 9.17) is 4.74 Å². The minimum absolute atomic E-state index is 0.127. The SMILES string of the molecule is O=C(c1ccsc1)N1CCC[C@@]2(C[C@H](Nc3cccnc3)CO2)C1. The Morgan fingerprint density at radius 2 is 2.42 bits per heavy atom. The van der Waals surface area contributed by atoms with Crippen LogP contribution in [0.15, 0.2) is 41.4 Å². The van der Waals surface area contributed by atoms with Crippen molar-refractivity contribution in [2.75, 3.05) is 25.0 Å². The molecule has 2 aliphatic rings. The van der Waals surface area contributed by atoms with Crippen LogP contribution in [0.2, 0.25) is 0 Å². The Kier molecular flexibility index (Phi) is 4.24. The number of pyridine rings is 1. The Labute approximate surface area is 145 Å². The van der Waals surface area contributed by atoms with E-state index >= 15 is 0 Å². The Bertz CT molecular complexity index is 692. The molecule has 2 aliphatic heterocycles. The first-order chi connectivity index (χ1) is 11.7. The predicted molar refractivity (Wildman–Crippen MR) is 94.4 cm³/mol. The zero-order valence-corrected chi connectivity index (χ0v) is 14.3. The van der Waals surface area contributed by atoms with Crippen molar-refractivity contribution in [3.05, 3.63) is 46.9 Å². The first-order valence-corrected chi connectivity index (χ1v) is 9.30. The van der Waals surface area contributed by atoms with E-state index in [2.05, 4.69) is 10.3 Å². The van der Waals surface area contributed by atoms with E-state index in [0.717, 1.165) is 37.1 Å². The van der Waals surface area contributed by atoms with Gasteiger partial charge in [-0.15, -0.1) is 0 Å². The van der Waals surface area contributed by atoms with Gasteiger partial charge in [-0.3, -0.25) is 9.78 Å². The Morgan fingerprint density at radius 3 is 3.21 bits per heavy atom. The lowest BCUT2D eigenvalue weighted by atomic mass is 9.88. The summed E-state index contributed by atoms with van der Waals surface area (Å²) in [6, 6.07) is 6.11. The number of aromatic nitrogens is 1. The quantitative estimate of drug-likeness (QED) is 0.931. The summed E-state index contributed by atoms with van der Waals surface area (Å²) in [5.74, 6) is 0.127. The van der Waals surface area contributed by atoms with Gasteiger partial charge in [-0.1, -0.05) is 0 Å². The number of thiophene rings is 1. The van der Waals surface area contributed by atoms with Crippen LogP contribution in [-0.2, 0) is 4.74 Å². The van der Waals surface area contributed by atoms with Crippen molar-refractivity contribution < 1.29 is 9.53 Å². The molecule has 6 heteroatoms. The van der Waals surface area contributed by atoms with Gasteiger partial charge in [0.2, 0.25) is 0 Å². The number of ether oxygens (including phenoxy) is 1. The molecular weight excluding hydrogens is 322 g/mol. The van der Waals surface area contributed by atoms with Crippen molar-refractivity contribution in [3.63, 3.8) is 0 Å². The van der Waals surface area contributed by atoms with E-state index in [-0.39, 0.29) is 17.6 Å². The fraction of sp³-hybridized carbons (Fsp3) is 0.444. The Morgan fingerprint density at radius 1 is 1.46 bits per heavy atom. The molecule has 2 saturated heterocycles. The van der Waals surface area contributed by atoms with Crippen LogP contribution < -0.4 is 5.32 Å². The van der Waals surface area contributed by atoms with E-state index in [9.17, 15) is 4.79 Å². The molecule has 2 atom stereocenters. The van der Waals surface area contributed by atoms with E-state index in [0.29, 0.717) is 13.2 Å². The highest BCUT2D eigenvalue weighted by Crippen LogP contribution is 2.36. The minimum atomic E-state index is -0.205. The second kappa shape index (κ2) is 6.53. The van der Waals surface area contributed by atoms with Crippen LogP contribution in [0.5, 0.6) is 0 Å². The highest BCUT2D eigenvalue weighted by molar-refractivity contribution is 7.08. The molecule has 1 spiro atoms. The molecule has 1 N–H and O–H groups in total. The second-order valence-electron chi connectivity index (χ2n) is 6.62. The number of hydrogen-bond donors (Lipinski definition) is 1. The van der Waals surface area contributed by atoms with Crippen LogP contribution in [0, 0.1) is 0 Å². The maximum Gasteiger partial charge on any atom is 0.254 e. The van der Waals surface area contributed by atoms with Gasteiger partial charge in [-0.05, 0) is 36.4 Å². The molecule has 126 valence electrons. The number of anilines is 1. The Balaban J connectivity index is 1.41. The summed E-state index contributed by atoms with van der Waals surface area (Å²) < 4.78 is 6.19. The number of carbonyl (C=O) groups is 1. The predicted octanol–water partition coefficient (Wildman–Crippen LogP) is 3.02. The molecule has 0 unspecified atom stereocenters. The van der Waals surface area contributed by atoms with Gasteiger partial charge >= 0.3 is 0 Å². The smallest absolute Gasteiger partial charge is 0.254 e. The summed E-state index contributed by atoms with van der Waals surface area (Å²) in [5.41, 5.74) is 1.61. The normalized spacial score (nSPS) is 26.7. The summed E-state index contributed by atoms with van der Waals surface area (Å²) in [6.07, 6.45) is 6.54. The van der Waals surface area contributed by atoms with Gasteiger partial charge < -0.3 is 15.0 Å². The van der Waals surface area contributed by atoms with Gasteiger partial charge in [0.05, 0.1) is 36.0 Å². The first kappa shape index (κ1) is 15.6. The average Bonchev–Trinajstić information content (AvgIpc) is 3.26. The van der Waals surface area contributed by atoms with Crippen LogP contribution in [0.1, 0.15) is 29.6 Å². The molecule has 0 bridgehead atoms. The van der Waals surface area contributed by atoms with E-state index in [1.165, 1.54) is 0 Å². The number of piperidine rings is 1. The number of nitrogens with zero attached hydrogens (tertiary/aromatic N) is 2. The van der Waals surface area contributed by atoms with E-state index < -0.39 is 0 Å². The molecule has 2 fully saturated rings. The third kappa shape index (κ3) is 3.16. The lowest BCUT2D eigenvalue weighted by molar-refractivity contribution is -0.0447. The van der Waals surface area contributed by atoms with E-state index in [1.807, 2.05) is 40.1 Å². The fourth-order valence-electron chi connectivity index (χ4n) is 3.75. The van der Waals surface area contributed by atoms with Crippen LogP contribution in [0.25, 0.3) is 0 Å². The van der Waals surface area contributed by atoms with Crippen molar-refractivity contribution in [2.45, 2.75) is 30.9 Å². The Hall–Kier alpha value is -1.92. The second-order valence-corrected chi connectivity index (χ2v) is 7.40. The minimum Gasteiger partial charge on any atom is -0.379 e. The number of nitrogens with one attached hydrogen (secondary N) is 1. The molecule has 24 heavy (non-hydrogen) atoms. The summed E-state index contributed by atoms with van der Waals surface area (Å²) >= 11 is 1.56. The number of rotatable bonds is 3. The van der Waals surface area contributed by atoms with Crippen molar-refractivity contribution in [3.8, 4) is 0 Å². The zero-order chi connectivity index (χ0) is 16.4. The van der Waals surface area contributed by atoms with E-state index in [1.54, 1.807) is 17.5 Å². The highest BCUT2D eigenvalue weighted by Gasteiger charge is 2.44. The molecule has 5 nitrogen and oxygen atoms in total. The molecule has 0 aliphatic carbocycles. The standard InChI is InChI=1S/C18H21N3O2S/c22-17(14-4-8-24-12-14)21-7-2-5-18(13-21)9-16(11-23-18)20-15-3-1-6-19-10-15/h1,3-4,6,8,10,12,16,20H,2,5,7,9,11,13H2/t16-,18+/m0/s1. The van der Waals surface area contributed by atoms with Crippen LogP contribution in [-0.4, -0.2) is 47.1 Å². The molecule has 4 heterocycles. The molecule has 0 aromatic carbocycles. The van der Waals surface area contributed by atoms with Crippen LogP contribution in [0.4, 0.5) is 5.69 Å². The summed E-state index contributed by atoms with van der Waals surface area (Å²) in [4.78, 5) is 18.7. The van der Waals surface area contributed by atoms with Crippen molar-refractivity contribution >= 4 is 22.9 Å². The fourth-order valence-corrected chi connectivity index (χ4v) is 4.38. The van der Waals surface area contributed by atoms with Crippen LogP contribution >= 0.6 is 11.3 Å². The molecule has 2 aromatic heterocycles. The number of amides is 1. The third-order valence-electron chi connectivity index (χ3n) is 4.84. The van der Waals surface area contributed by atoms with Crippen molar-refractivity contribution in [1.29, 1.82) is 0 Å². The number of likely N-dealkylation sites (tertiary alicyclic amines) is 1. The summed E-state index contributed by atoms with van der Waals surface area (Å²) in [7, 11) is 0. The molecule has 0 radical (unpaired) electrons. The molecule has 4 rings (SSSR count). The van der Waals surface area contributed by atoms with Crippen molar-refractivity contribution in [1.82, 2.24) is 9.88 Å². The molecule has 2 aromatic rings. The third-order valence-corrected chi connectivity index (χ3v) is 5.52. The molecule has 0 saturated carbocycles. The van der Waals surface area contributed by atoms with Gasteiger partial charge in [0.25, 0.3) is 5.91 Å². The monoisotopic (exact) mass is 343 g/mol. The van der Waals surface area contributed by atoms with Gasteiger partial charge in [-0.25, -0.2) is 0 Å². The van der Waals surface area contributed by atoms with Crippen LogP contribution in [0.3, 0.4) is 0 Å². The van der Waals surface area contributed by atoms with Gasteiger partial charge in [0.1, 0.15) is 0 Å².